The lowest BCUT2D eigenvalue weighted by atomic mass is 10.2. The Kier molecular flexibility index (Phi) is 8.08. The summed E-state index contributed by atoms with van der Waals surface area (Å²) in [4.78, 5) is 14.4. The van der Waals surface area contributed by atoms with E-state index in [4.69, 9.17) is 0 Å². The maximum absolute atomic E-state index is 12.8. The summed E-state index contributed by atoms with van der Waals surface area (Å²) in [7, 11) is -4.12. The van der Waals surface area contributed by atoms with Gasteiger partial charge in [-0.25, -0.2) is 8.42 Å². The van der Waals surface area contributed by atoms with E-state index in [1.165, 1.54) is 30.3 Å². The van der Waals surface area contributed by atoms with E-state index < -0.39 is 21.8 Å². The summed E-state index contributed by atoms with van der Waals surface area (Å²) in [5, 5.41) is 2.81. The lowest BCUT2D eigenvalue weighted by molar-refractivity contribution is -0.137. The van der Waals surface area contributed by atoms with Crippen LogP contribution in [0.1, 0.15) is 36.7 Å². The van der Waals surface area contributed by atoms with Crippen molar-refractivity contribution in [3.8, 4) is 0 Å². The van der Waals surface area contributed by atoms with E-state index in [0.29, 0.717) is 6.54 Å². The zero-order valence-corrected chi connectivity index (χ0v) is 18.3. The minimum Gasteiger partial charge on any atom is -0.350 e. The van der Waals surface area contributed by atoms with Gasteiger partial charge < -0.3 is 5.32 Å². The Morgan fingerprint density at radius 2 is 1.68 bits per heavy atom. The topological polar surface area (TPSA) is 78.5 Å². The lowest BCUT2D eigenvalue weighted by Crippen LogP contribution is -2.42. The first-order chi connectivity index (χ1) is 14.5. The minimum atomic E-state index is -4.58. The summed E-state index contributed by atoms with van der Waals surface area (Å²) in [5.41, 5.74) is -0.884. The molecule has 0 aliphatic heterocycles. The van der Waals surface area contributed by atoms with Crippen molar-refractivity contribution in [3.63, 3.8) is 0 Å². The Balaban J connectivity index is 2.07. The second kappa shape index (κ2) is 10.1. The first-order valence-corrected chi connectivity index (χ1v) is 11.3. The number of sulfonamides is 1. The van der Waals surface area contributed by atoms with Gasteiger partial charge in [-0.3, -0.25) is 14.4 Å². The number of alkyl halides is 3. The SMILES string of the molecule is CCN(CC)C(C)CNC(=O)c1ccc(S(=O)(=O)Nc2cccc(C(F)(F)F)c2)cc1. The van der Waals surface area contributed by atoms with Gasteiger partial charge in [-0.1, -0.05) is 19.9 Å². The number of carbonyl (C=O) groups excluding carboxylic acids is 1. The molecule has 2 aromatic carbocycles. The summed E-state index contributed by atoms with van der Waals surface area (Å²) < 4.78 is 65.6. The number of likely N-dealkylation sites (N-methyl/N-ethyl adjacent to an activating group) is 1. The molecule has 1 amide bonds. The van der Waals surface area contributed by atoms with E-state index in [1.807, 2.05) is 20.8 Å². The van der Waals surface area contributed by atoms with Crippen molar-refractivity contribution in [1.29, 1.82) is 0 Å². The van der Waals surface area contributed by atoms with Gasteiger partial charge in [0.05, 0.1) is 10.5 Å². The first-order valence-electron chi connectivity index (χ1n) is 9.80. The number of halogens is 3. The van der Waals surface area contributed by atoms with Crippen LogP contribution in [0.15, 0.2) is 53.4 Å². The summed E-state index contributed by atoms with van der Waals surface area (Å²) >= 11 is 0. The van der Waals surface area contributed by atoms with Crippen molar-refractivity contribution in [2.45, 2.75) is 37.9 Å². The van der Waals surface area contributed by atoms with Crippen LogP contribution < -0.4 is 10.0 Å². The largest absolute Gasteiger partial charge is 0.416 e. The highest BCUT2D eigenvalue weighted by Gasteiger charge is 2.30. The Morgan fingerprint density at radius 1 is 1.06 bits per heavy atom. The van der Waals surface area contributed by atoms with Crippen molar-refractivity contribution in [2.24, 2.45) is 0 Å². The molecular formula is C21H26F3N3O3S. The predicted octanol–water partition coefficient (Wildman–Crippen LogP) is 3.97. The standard InChI is InChI=1S/C21H26F3N3O3S/c1-4-27(5-2)15(3)14-25-20(28)16-9-11-19(12-10-16)31(29,30)26-18-8-6-7-17(13-18)21(22,23)24/h6-13,15,26H,4-5,14H2,1-3H3,(H,25,28). The number of hydrogen-bond acceptors (Lipinski definition) is 4. The molecule has 0 aromatic heterocycles. The van der Waals surface area contributed by atoms with Gasteiger partial charge in [-0.2, -0.15) is 13.2 Å². The van der Waals surface area contributed by atoms with E-state index in [9.17, 15) is 26.4 Å². The molecule has 10 heteroatoms. The Bertz CT molecular complexity index is 989. The van der Waals surface area contributed by atoms with E-state index in [-0.39, 0.29) is 28.1 Å². The van der Waals surface area contributed by atoms with Gasteiger partial charge in [-0.15, -0.1) is 0 Å². The predicted molar refractivity (Wildman–Crippen MR) is 113 cm³/mol. The first kappa shape index (κ1) is 24.7. The molecule has 0 heterocycles. The average Bonchev–Trinajstić information content (AvgIpc) is 2.72. The Hall–Kier alpha value is -2.59. The minimum absolute atomic E-state index is 0.148. The molecule has 0 saturated heterocycles. The fourth-order valence-electron chi connectivity index (χ4n) is 3.08. The molecule has 0 fully saturated rings. The van der Waals surface area contributed by atoms with E-state index in [0.717, 1.165) is 31.3 Å². The number of amides is 1. The molecule has 0 radical (unpaired) electrons. The highest BCUT2D eigenvalue weighted by Crippen LogP contribution is 2.31. The molecule has 0 spiro atoms. The van der Waals surface area contributed by atoms with Crippen LogP contribution in [0.3, 0.4) is 0 Å². The molecule has 2 rings (SSSR count). The molecule has 0 aliphatic rings. The smallest absolute Gasteiger partial charge is 0.350 e. The quantitative estimate of drug-likeness (QED) is 0.597. The molecule has 31 heavy (non-hydrogen) atoms. The third-order valence-corrected chi connectivity index (χ3v) is 6.26. The van der Waals surface area contributed by atoms with Gasteiger partial charge in [0, 0.05) is 23.8 Å². The summed E-state index contributed by atoms with van der Waals surface area (Å²) in [6.45, 7) is 8.24. The van der Waals surface area contributed by atoms with E-state index in [1.54, 1.807) is 0 Å². The van der Waals surface area contributed by atoms with Gasteiger partial charge in [0.2, 0.25) is 0 Å². The van der Waals surface area contributed by atoms with Crippen molar-refractivity contribution >= 4 is 21.6 Å². The van der Waals surface area contributed by atoms with Crippen molar-refractivity contribution in [2.75, 3.05) is 24.4 Å². The van der Waals surface area contributed by atoms with Crippen LogP contribution in [-0.2, 0) is 16.2 Å². The highest BCUT2D eigenvalue weighted by atomic mass is 32.2. The Labute approximate surface area is 180 Å². The van der Waals surface area contributed by atoms with Crippen LogP contribution in [-0.4, -0.2) is 44.9 Å². The van der Waals surface area contributed by atoms with Crippen molar-refractivity contribution in [3.05, 3.63) is 59.7 Å². The fraction of sp³-hybridized carbons (Fsp3) is 0.381. The summed E-state index contributed by atoms with van der Waals surface area (Å²) in [6, 6.07) is 9.25. The zero-order valence-electron chi connectivity index (χ0n) is 17.5. The molecule has 0 aliphatic carbocycles. The number of nitrogens with zero attached hydrogens (tertiary/aromatic N) is 1. The number of rotatable bonds is 9. The number of carbonyl (C=O) groups is 1. The normalized spacial score (nSPS) is 13.1. The van der Waals surface area contributed by atoms with Gasteiger partial charge in [0.1, 0.15) is 0 Å². The second-order valence-corrected chi connectivity index (χ2v) is 8.67. The molecular weight excluding hydrogens is 431 g/mol. The fourth-order valence-corrected chi connectivity index (χ4v) is 4.13. The van der Waals surface area contributed by atoms with Gasteiger partial charge in [0.15, 0.2) is 0 Å². The number of nitrogens with one attached hydrogen (secondary N) is 2. The number of anilines is 1. The molecule has 1 atom stereocenters. The van der Waals surface area contributed by atoms with Crippen LogP contribution in [0.2, 0.25) is 0 Å². The van der Waals surface area contributed by atoms with E-state index >= 15 is 0 Å². The highest BCUT2D eigenvalue weighted by molar-refractivity contribution is 7.92. The summed E-state index contributed by atoms with van der Waals surface area (Å²) in [5.74, 6) is -0.339. The molecule has 6 nitrogen and oxygen atoms in total. The lowest BCUT2D eigenvalue weighted by Gasteiger charge is -2.26. The van der Waals surface area contributed by atoms with Crippen LogP contribution in [0, 0.1) is 0 Å². The third-order valence-electron chi connectivity index (χ3n) is 4.86. The molecule has 170 valence electrons. The monoisotopic (exact) mass is 457 g/mol. The van der Waals surface area contributed by atoms with E-state index in [2.05, 4.69) is 14.9 Å². The summed E-state index contributed by atoms with van der Waals surface area (Å²) in [6.07, 6.45) is -4.58. The number of hydrogen-bond donors (Lipinski definition) is 2. The van der Waals surface area contributed by atoms with Crippen LogP contribution in [0.4, 0.5) is 18.9 Å². The van der Waals surface area contributed by atoms with Crippen molar-refractivity contribution < 1.29 is 26.4 Å². The number of benzene rings is 2. The van der Waals surface area contributed by atoms with Crippen LogP contribution in [0.5, 0.6) is 0 Å². The van der Waals surface area contributed by atoms with Gasteiger partial charge >= 0.3 is 6.18 Å². The molecule has 0 saturated carbocycles. The van der Waals surface area contributed by atoms with Gasteiger partial charge in [-0.05, 0) is 62.5 Å². The van der Waals surface area contributed by atoms with Crippen LogP contribution in [0.25, 0.3) is 0 Å². The Morgan fingerprint density at radius 3 is 2.23 bits per heavy atom. The third kappa shape index (κ3) is 6.70. The average molecular weight is 458 g/mol. The molecule has 0 bridgehead atoms. The zero-order chi connectivity index (χ0) is 23.2. The van der Waals surface area contributed by atoms with Crippen molar-refractivity contribution in [1.82, 2.24) is 10.2 Å². The molecule has 2 N–H and O–H groups in total. The maximum atomic E-state index is 12.8. The van der Waals surface area contributed by atoms with Crippen LogP contribution >= 0.6 is 0 Å². The second-order valence-electron chi connectivity index (χ2n) is 6.99. The molecule has 1 unspecified atom stereocenters. The van der Waals surface area contributed by atoms with Gasteiger partial charge in [0.25, 0.3) is 15.9 Å². The molecule has 2 aromatic rings. The maximum Gasteiger partial charge on any atom is 0.416 e.